The van der Waals surface area contributed by atoms with Gasteiger partial charge in [0.25, 0.3) is 5.91 Å². The second-order valence-electron chi connectivity index (χ2n) is 6.29. The van der Waals surface area contributed by atoms with Gasteiger partial charge in [-0.15, -0.1) is 0 Å². The highest BCUT2D eigenvalue weighted by molar-refractivity contribution is 6.47. The highest BCUT2D eigenvalue weighted by Gasteiger charge is 2.38. The minimum Gasteiger partial charge on any atom is -0.534 e. The number of hydrogen-bond acceptors (Lipinski definition) is 6. The molecule has 1 amide bonds. The van der Waals surface area contributed by atoms with Crippen LogP contribution in [0.25, 0.3) is 0 Å². The van der Waals surface area contributed by atoms with Crippen molar-refractivity contribution in [3.8, 4) is 5.75 Å². The van der Waals surface area contributed by atoms with E-state index >= 15 is 0 Å². The van der Waals surface area contributed by atoms with E-state index in [4.69, 9.17) is 16.1 Å². The van der Waals surface area contributed by atoms with Crippen molar-refractivity contribution in [2.45, 2.75) is 25.5 Å². The molecule has 2 aromatic rings. The normalized spacial score (nSPS) is 15.7. The SMILES string of the molecule is NCc1ccc(C(=O)N[C@H]2Cc3cccc(C(=O)O)c3OB2O)c(CN)c1. The van der Waals surface area contributed by atoms with Crippen LogP contribution in [0, 0.1) is 0 Å². The second-order valence-corrected chi connectivity index (χ2v) is 6.29. The van der Waals surface area contributed by atoms with Crippen LogP contribution in [-0.4, -0.2) is 35.1 Å². The molecule has 1 heterocycles. The smallest absolute Gasteiger partial charge is 0.534 e. The molecule has 0 radical (unpaired) electrons. The van der Waals surface area contributed by atoms with E-state index in [2.05, 4.69) is 5.32 Å². The number of carboxylic acid groups (broad SMARTS) is 1. The fraction of sp³-hybridized carbons (Fsp3) is 0.222. The summed E-state index contributed by atoms with van der Waals surface area (Å²) in [5, 5.41) is 22.2. The fourth-order valence-electron chi connectivity index (χ4n) is 3.13. The van der Waals surface area contributed by atoms with Gasteiger partial charge in [0.15, 0.2) is 0 Å². The maximum absolute atomic E-state index is 12.7. The average Bonchev–Trinajstić information content (AvgIpc) is 2.67. The number of rotatable bonds is 5. The lowest BCUT2D eigenvalue weighted by Crippen LogP contribution is -2.53. The number of carboxylic acids is 1. The van der Waals surface area contributed by atoms with Gasteiger partial charge in [0.2, 0.25) is 0 Å². The van der Waals surface area contributed by atoms with Gasteiger partial charge in [-0.3, -0.25) is 4.79 Å². The Labute approximate surface area is 156 Å². The first-order valence-corrected chi connectivity index (χ1v) is 8.47. The molecule has 0 bridgehead atoms. The fourth-order valence-corrected chi connectivity index (χ4v) is 3.13. The quantitative estimate of drug-likeness (QED) is 0.468. The molecule has 7 N–H and O–H groups in total. The summed E-state index contributed by atoms with van der Waals surface area (Å²) in [5.41, 5.74) is 13.8. The van der Waals surface area contributed by atoms with Gasteiger partial charge in [-0.2, -0.15) is 0 Å². The van der Waals surface area contributed by atoms with Crippen LogP contribution in [0.3, 0.4) is 0 Å². The van der Waals surface area contributed by atoms with Crippen LogP contribution in [0.15, 0.2) is 36.4 Å². The molecule has 140 valence electrons. The van der Waals surface area contributed by atoms with Gasteiger partial charge in [0.1, 0.15) is 5.75 Å². The highest BCUT2D eigenvalue weighted by atomic mass is 16.5. The Morgan fingerprint density at radius 3 is 2.63 bits per heavy atom. The third-order valence-corrected chi connectivity index (χ3v) is 4.54. The Morgan fingerprint density at radius 2 is 1.96 bits per heavy atom. The number of nitrogens with two attached hydrogens (primary N) is 2. The molecule has 2 aromatic carbocycles. The molecular formula is C18H20BN3O5. The summed E-state index contributed by atoms with van der Waals surface area (Å²) in [6.45, 7) is 0.512. The maximum atomic E-state index is 12.7. The predicted molar refractivity (Wildman–Crippen MR) is 99.2 cm³/mol. The highest BCUT2D eigenvalue weighted by Crippen LogP contribution is 2.30. The number of amides is 1. The Bertz CT molecular complexity index is 889. The summed E-state index contributed by atoms with van der Waals surface area (Å²) in [6.07, 6.45) is 0.238. The van der Waals surface area contributed by atoms with Crippen molar-refractivity contribution in [2.24, 2.45) is 11.5 Å². The first kappa shape index (κ1) is 18.9. The van der Waals surface area contributed by atoms with E-state index in [-0.39, 0.29) is 24.3 Å². The molecule has 1 aliphatic rings. The summed E-state index contributed by atoms with van der Waals surface area (Å²) < 4.78 is 5.39. The summed E-state index contributed by atoms with van der Waals surface area (Å²) >= 11 is 0. The van der Waals surface area contributed by atoms with E-state index in [9.17, 15) is 19.7 Å². The Morgan fingerprint density at radius 1 is 1.19 bits per heavy atom. The Kier molecular flexibility index (Phi) is 5.45. The number of hydrogen-bond donors (Lipinski definition) is 5. The van der Waals surface area contributed by atoms with Gasteiger partial charge in [-0.1, -0.05) is 24.3 Å². The molecule has 3 rings (SSSR count). The number of fused-ring (bicyclic) bond motifs is 1. The lowest BCUT2D eigenvalue weighted by atomic mass is 9.72. The van der Waals surface area contributed by atoms with Gasteiger partial charge >= 0.3 is 13.1 Å². The summed E-state index contributed by atoms with van der Waals surface area (Å²) in [4.78, 5) is 24.0. The molecule has 27 heavy (non-hydrogen) atoms. The molecule has 0 saturated carbocycles. The van der Waals surface area contributed by atoms with Gasteiger partial charge < -0.3 is 31.6 Å². The average molecular weight is 369 g/mol. The Hall–Kier alpha value is -2.88. The van der Waals surface area contributed by atoms with Crippen molar-refractivity contribution >= 4 is 19.0 Å². The molecule has 0 spiro atoms. The molecule has 0 aromatic heterocycles. The van der Waals surface area contributed by atoms with Crippen molar-refractivity contribution in [3.63, 3.8) is 0 Å². The topological polar surface area (TPSA) is 148 Å². The third kappa shape index (κ3) is 3.80. The molecular weight excluding hydrogens is 349 g/mol. The van der Waals surface area contributed by atoms with Crippen LogP contribution in [0.1, 0.15) is 37.4 Å². The number of nitrogens with one attached hydrogen (secondary N) is 1. The molecule has 1 atom stereocenters. The molecule has 9 heteroatoms. The number of aromatic carboxylic acids is 1. The van der Waals surface area contributed by atoms with Crippen molar-refractivity contribution < 1.29 is 24.4 Å². The van der Waals surface area contributed by atoms with Gasteiger partial charge in [0, 0.05) is 18.7 Å². The molecule has 0 aliphatic carbocycles. The van der Waals surface area contributed by atoms with Crippen LogP contribution in [0.4, 0.5) is 0 Å². The molecule has 0 unspecified atom stereocenters. The van der Waals surface area contributed by atoms with E-state index in [0.29, 0.717) is 23.2 Å². The zero-order valence-electron chi connectivity index (χ0n) is 14.5. The number of para-hydroxylation sites is 1. The van der Waals surface area contributed by atoms with Gasteiger partial charge in [-0.05, 0) is 35.2 Å². The largest absolute Gasteiger partial charge is 0.547 e. The third-order valence-electron chi connectivity index (χ3n) is 4.54. The van der Waals surface area contributed by atoms with E-state index in [0.717, 1.165) is 5.56 Å². The maximum Gasteiger partial charge on any atom is 0.547 e. The van der Waals surface area contributed by atoms with Crippen molar-refractivity contribution in [2.75, 3.05) is 0 Å². The summed E-state index contributed by atoms with van der Waals surface area (Å²) in [6, 6.07) is 9.87. The van der Waals surface area contributed by atoms with Crippen LogP contribution in [-0.2, 0) is 19.5 Å². The van der Waals surface area contributed by atoms with Crippen LogP contribution >= 0.6 is 0 Å². The molecule has 8 nitrogen and oxygen atoms in total. The van der Waals surface area contributed by atoms with E-state index < -0.39 is 24.9 Å². The van der Waals surface area contributed by atoms with Crippen LogP contribution < -0.4 is 21.4 Å². The van der Waals surface area contributed by atoms with E-state index in [1.165, 1.54) is 6.07 Å². The molecule has 0 saturated heterocycles. The van der Waals surface area contributed by atoms with E-state index in [1.54, 1.807) is 30.3 Å². The number of carbonyl (C=O) groups excluding carboxylic acids is 1. The lowest BCUT2D eigenvalue weighted by molar-refractivity contribution is 0.0693. The first-order chi connectivity index (χ1) is 12.9. The van der Waals surface area contributed by atoms with Crippen LogP contribution in [0.5, 0.6) is 5.75 Å². The zero-order chi connectivity index (χ0) is 19.6. The standard InChI is InChI=1S/C18H20BN3O5/c20-8-10-4-5-13(12(6-10)9-21)17(23)22-15-7-11-2-1-3-14(18(24)25)16(11)27-19(15)26/h1-6,15,26H,7-9,20-21H2,(H,22,23)(H,24,25)/t15-/m0/s1. The second kappa shape index (κ2) is 7.79. The van der Waals surface area contributed by atoms with Crippen LogP contribution in [0.2, 0.25) is 0 Å². The van der Waals surface area contributed by atoms with Crippen molar-refractivity contribution in [1.82, 2.24) is 5.32 Å². The van der Waals surface area contributed by atoms with Crippen molar-refractivity contribution in [3.05, 3.63) is 64.2 Å². The summed E-state index contributed by atoms with van der Waals surface area (Å²) in [7, 11) is -1.37. The molecule has 1 aliphatic heterocycles. The minimum atomic E-state index is -1.37. The number of benzene rings is 2. The van der Waals surface area contributed by atoms with Gasteiger partial charge in [-0.25, -0.2) is 4.79 Å². The van der Waals surface area contributed by atoms with Gasteiger partial charge in [0.05, 0.1) is 11.5 Å². The lowest BCUT2D eigenvalue weighted by Gasteiger charge is -2.29. The van der Waals surface area contributed by atoms with Crippen molar-refractivity contribution in [1.29, 1.82) is 0 Å². The minimum absolute atomic E-state index is 0.0286. The molecule has 0 fully saturated rings. The monoisotopic (exact) mass is 369 g/mol. The number of carbonyl (C=O) groups is 2. The zero-order valence-corrected chi connectivity index (χ0v) is 14.5. The Balaban J connectivity index is 1.82. The predicted octanol–water partition coefficient (Wildman–Crippen LogP) is 0.0554. The van der Waals surface area contributed by atoms with E-state index in [1.807, 2.05) is 0 Å². The first-order valence-electron chi connectivity index (χ1n) is 8.47. The summed E-state index contributed by atoms with van der Waals surface area (Å²) in [5.74, 6) is -2.15.